The topological polar surface area (TPSA) is 91.4 Å². The fraction of sp³-hybridized carbons (Fsp3) is 0.111. The number of rotatable bonds is 2. The summed E-state index contributed by atoms with van der Waals surface area (Å²) >= 11 is 0. The molecule has 0 atom stereocenters. The van der Waals surface area contributed by atoms with Crippen molar-refractivity contribution < 1.29 is 4.79 Å². The van der Waals surface area contributed by atoms with Gasteiger partial charge in [0.1, 0.15) is 18.4 Å². The van der Waals surface area contributed by atoms with E-state index in [1.54, 1.807) is 12.1 Å². The van der Waals surface area contributed by atoms with Crippen molar-refractivity contribution in [2.45, 2.75) is 6.54 Å². The molecule has 3 aromatic rings. The molecule has 0 bridgehead atoms. The maximum absolute atomic E-state index is 11.9. The van der Waals surface area contributed by atoms with Crippen LogP contribution in [0.5, 0.6) is 0 Å². The molecule has 84 valence electrons. The van der Waals surface area contributed by atoms with Crippen LogP contribution in [0.3, 0.4) is 0 Å². The summed E-state index contributed by atoms with van der Waals surface area (Å²) in [4.78, 5) is 11.9. The van der Waals surface area contributed by atoms with Crippen molar-refractivity contribution >= 4 is 16.9 Å². The van der Waals surface area contributed by atoms with Gasteiger partial charge in [-0.1, -0.05) is 17.3 Å². The lowest BCUT2D eigenvalue weighted by Gasteiger charge is -1.99. The second kappa shape index (κ2) is 3.74. The van der Waals surface area contributed by atoms with E-state index in [1.807, 2.05) is 12.1 Å². The minimum atomic E-state index is -0.244. The van der Waals surface area contributed by atoms with E-state index in [2.05, 4.69) is 25.8 Å². The highest BCUT2D eigenvalue weighted by molar-refractivity contribution is 5.88. The molecule has 1 aromatic carbocycles. The van der Waals surface area contributed by atoms with Crippen molar-refractivity contribution in [1.29, 1.82) is 0 Å². The average molecular weight is 229 g/mol. The van der Waals surface area contributed by atoms with E-state index in [1.165, 1.54) is 15.7 Å². The van der Waals surface area contributed by atoms with Crippen LogP contribution in [0.4, 0.5) is 0 Å². The number of hydrogen-bond donors (Lipinski definition) is 0. The third kappa shape index (κ3) is 1.65. The highest BCUT2D eigenvalue weighted by Crippen LogP contribution is 2.09. The van der Waals surface area contributed by atoms with Crippen LogP contribution in [-0.2, 0) is 6.54 Å². The zero-order valence-electron chi connectivity index (χ0n) is 8.63. The minimum Gasteiger partial charge on any atom is -0.270 e. The lowest BCUT2D eigenvalue weighted by Crippen LogP contribution is -2.19. The van der Waals surface area contributed by atoms with Crippen molar-refractivity contribution in [2.24, 2.45) is 0 Å². The molecule has 0 N–H and O–H groups in total. The summed E-state index contributed by atoms with van der Waals surface area (Å²) in [5.41, 5.74) is 1.35. The largest absolute Gasteiger partial charge is 0.270 e. The first kappa shape index (κ1) is 9.58. The van der Waals surface area contributed by atoms with Gasteiger partial charge in [-0.2, -0.15) is 4.68 Å². The lowest BCUT2D eigenvalue weighted by atomic mass is 10.3. The van der Waals surface area contributed by atoms with Crippen molar-refractivity contribution in [2.75, 3.05) is 0 Å². The highest BCUT2D eigenvalue weighted by atomic mass is 16.2. The van der Waals surface area contributed by atoms with Crippen molar-refractivity contribution in [3.8, 4) is 0 Å². The molecular formula is C9H7N7O. The van der Waals surface area contributed by atoms with Gasteiger partial charge in [0.25, 0.3) is 5.91 Å². The SMILES string of the molecule is O=C(Cn1cnnn1)n1nnc2ccccc21. The number of fused-ring (bicyclic) bond motifs is 1. The van der Waals surface area contributed by atoms with Gasteiger partial charge in [-0.3, -0.25) is 4.79 Å². The van der Waals surface area contributed by atoms with E-state index in [4.69, 9.17) is 0 Å². The van der Waals surface area contributed by atoms with E-state index < -0.39 is 0 Å². The molecule has 8 heteroatoms. The number of para-hydroxylation sites is 1. The van der Waals surface area contributed by atoms with Crippen LogP contribution in [0.15, 0.2) is 30.6 Å². The summed E-state index contributed by atoms with van der Waals surface area (Å²) in [6.45, 7) is 0.0281. The van der Waals surface area contributed by atoms with Gasteiger partial charge in [-0.15, -0.1) is 10.2 Å². The Morgan fingerprint density at radius 1 is 1.24 bits per heavy atom. The second-order valence-electron chi connectivity index (χ2n) is 3.39. The molecule has 17 heavy (non-hydrogen) atoms. The van der Waals surface area contributed by atoms with Gasteiger partial charge in [0.15, 0.2) is 0 Å². The summed E-state index contributed by atoms with van der Waals surface area (Å²) in [5, 5.41) is 18.2. The third-order valence-corrected chi connectivity index (χ3v) is 2.28. The van der Waals surface area contributed by atoms with Crippen molar-refractivity contribution in [1.82, 2.24) is 35.2 Å². The monoisotopic (exact) mass is 229 g/mol. The van der Waals surface area contributed by atoms with Gasteiger partial charge in [-0.05, 0) is 22.6 Å². The molecule has 0 aliphatic heterocycles. The van der Waals surface area contributed by atoms with Gasteiger partial charge in [-0.25, -0.2) is 4.68 Å². The first-order valence-electron chi connectivity index (χ1n) is 4.89. The van der Waals surface area contributed by atoms with Crippen LogP contribution < -0.4 is 0 Å². The first-order chi connectivity index (χ1) is 8.34. The summed E-state index contributed by atoms with van der Waals surface area (Å²) < 4.78 is 2.58. The average Bonchev–Trinajstić information content (AvgIpc) is 2.96. The number of benzene rings is 1. The van der Waals surface area contributed by atoms with E-state index in [-0.39, 0.29) is 12.5 Å². The Labute approximate surface area is 94.8 Å². The fourth-order valence-corrected chi connectivity index (χ4v) is 1.51. The normalized spacial score (nSPS) is 10.8. The number of carbonyl (C=O) groups excluding carboxylic acids is 1. The molecule has 0 aliphatic carbocycles. The molecule has 2 aromatic heterocycles. The van der Waals surface area contributed by atoms with Gasteiger partial charge >= 0.3 is 0 Å². The molecule has 0 aliphatic rings. The quantitative estimate of drug-likeness (QED) is 0.602. The Bertz CT molecular complexity index is 657. The zero-order valence-corrected chi connectivity index (χ0v) is 8.63. The smallest absolute Gasteiger partial charge is 0.270 e. The van der Waals surface area contributed by atoms with Crippen LogP contribution in [0, 0.1) is 0 Å². The van der Waals surface area contributed by atoms with Crippen molar-refractivity contribution in [3.63, 3.8) is 0 Å². The van der Waals surface area contributed by atoms with Gasteiger partial charge in [0.2, 0.25) is 0 Å². The van der Waals surface area contributed by atoms with Crippen LogP contribution in [0.25, 0.3) is 11.0 Å². The van der Waals surface area contributed by atoms with Gasteiger partial charge < -0.3 is 0 Å². The molecule has 2 heterocycles. The Morgan fingerprint density at radius 3 is 2.94 bits per heavy atom. The number of aromatic nitrogens is 7. The number of nitrogens with zero attached hydrogens (tertiary/aromatic N) is 7. The predicted octanol–water partition coefficient (Wildman–Crippen LogP) is -0.242. The summed E-state index contributed by atoms with van der Waals surface area (Å²) in [7, 11) is 0. The third-order valence-electron chi connectivity index (χ3n) is 2.28. The molecule has 0 saturated heterocycles. The molecule has 0 unspecified atom stereocenters. The van der Waals surface area contributed by atoms with E-state index in [0.717, 1.165) is 0 Å². The molecule has 3 rings (SSSR count). The highest BCUT2D eigenvalue weighted by Gasteiger charge is 2.12. The van der Waals surface area contributed by atoms with Crippen LogP contribution in [0.1, 0.15) is 4.79 Å². The molecule has 0 amide bonds. The predicted molar refractivity (Wildman–Crippen MR) is 56.0 cm³/mol. The van der Waals surface area contributed by atoms with Crippen molar-refractivity contribution in [3.05, 3.63) is 30.6 Å². The molecule has 8 nitrogen and oxygen atoms in total. The molecule has 0 radical (unpaired) electrons. The number of carbonyl (C=O) groups is 1. The molecule has 0 fully saturated rings. The fourth-order valence-electron chi connectivity index (χ4n) is 1.51. The second-order valence-corrected chi connectivity index (χ2v) is 3.39. The standard InChI is InChI=1S/C9H7N7O/c17-9(5-15-6-10-12-14-15)16-8-4-2-1-3-7(8)11-13-16/h1-4,6H,5H2. The zero-order chi connectivity index (χ0) is 11.7. The summed E-state index contributed by atoms with van der Waals surface area (Å²) in [6.07, 6.45) is 1.37. The Morgan fingerprint density at radius 2 is 2.12 bits per heavy atom. The van der Waals surface area contributed by atoms with Gasteiger partial charge in [0, 0.05) is 0 Å². The Hall–Kier alpha value is -2.64. The van der Waals surface area contributed by atoms with Crippen LogP contribution >= 0.6 is 0 Å². The van der Waals surface area contributed by atoms with Gasteiger partial charge in [0.05, 0.1) is 5.52 Å². The molecular weight excluding hydrogens is 222 g/mol. The lowest BCUT2D eigenvalue weighted by molar-refractivity contribution is 0.0873. The molecule has 0 spiro atoms. The maximum atomic E-state index is 11.9. The van der Waals surface area contributed by atoms with E-state index in [9.17, 15) is 4.79 Å². The van der Waals surface area contributed by atoms with E-state index >= 15 is 0 Å². The Kier molecular flexibility index (Phi) is 2.11. The maximum Gasteiger partial charge on any atom is 0.270 e. The minimum absolute atomic E-state index is 0.0281. The molecule has 0 saturated carbocycles. The summed E-state index contributed by atoms with van der Waals surface area (Å²) in [5.74, 6) is -0.244. The van der Waals surface area contributed by atoms with Crippen LogP contribution in [-0.4, -0.2) is 41.1 Å². The number of hydrogen-bond acceptors (Lipinski definition) is 6. The van der Waals surface area contributed by atoms with Crippen LogP contribution in [0.2, 0.25) is 0 Å². The summed E-state index contributed by atoms with van der Waals surface area (Å²) in [6, 6.07) is 7.25. The first-order valence-corrected chi connectivity index (χ1v) is 4.89. The van der Waals surface area contributed by atoms with E-state index in [0.29, 0.717) is 11.0 Å². The Balaban J connectivity index is 1.96. The number of tetrazole rings is 1.